The Balaban J connectivity index is 2.53. The van der Waals surface area contributed by atoms with Gasteiger partial charge in [-0.2, -0.15) is 0 Å². The smallest absolute Gasteiger partial charge is 0.331 e. The Morgan fingerprint density at radius 2 is 2.36 bits per heavy atom. The molecule has 0 saturated heterocycles. The highest BCUT2D eigenvalue weighted by Gasteiger charge is 1.91. The molecule has 0 heterocycles. The number of esters is 1. The summed E-state index contributed by atoms with van der Waals surface area (Å²) in [5.41, 5.74) is 0.902. The first-order valence-electron chi connectivity index (χ1n) is 3.99. The zero-order valence-corrected chi connectivity index (χ0v) is 9.24. The normalized spacial score (nSPS) is 10.1. The fourth-order valence-corrected chi connectivity index (χ4v) is 1.25. The van der Waals surface area contributed by atoms with E-state index < -0.39 is 0 Å². The Bertz CT molecular complexity index is 350. The summed E-state index contributed by atoms with van der Waals surface area (Å²) < 4.78 is 5.42. The number of nitrogens with one attached hydrogen (secondary N) is 1. The first-order valence-corrected chi connectivity index (χ1v) is 4.78. The van der Waals surface area contributed by atoms with Crippen molar-refractivity contribution in [1.29, 1.82) is 0 Å². The fraction of sp³-hybridized carbons (Fsp3) is 0.100. The largest absolute Gasteiger partial charge is 0.466 e. The van der Waals surface area contributed by atoms with Crippen LogP contribution in [0.25, 0.3) is 0 Å². The third-order valence-electron chi connectivity index (χ3n) is 1.50. The van der Waals surface area contributed by atoms with Gasteiger partial charge in [0, 0.05) is 22.4 Å². The summed E-state index contributed by atoms with van der Waals surface area (Å²) in [6.07, 6.45) is 2.86. The summed E-state index contributed by atoms with van der Waals surface area (Å²) in [6.45, 7) is 0. The number of anilines is 1. The summed E-state index contributed by atoms with van der Waals surface area (Å²) in [5, 5.41) is 2.94. The van der Waals surface area contributed by atoms with Crippen molar-refractivity contribution in [2.75, 3.05) is 12.4 Å². The second-order valence-corrected chi connectivity index (χ2v) is 3.43. The minimum absolute atomic E-state index is 0.382. The maximum atomic E-state index is 10.7. The molecule has 0 aliphatic rings. The predicted octanol–water partition coefficient (Wildman–Crippen LogP) is 2.55. The summed E-state index contributed by atoms with van der Waals surface area (Å²) in [5.74, 6) is -0.382. The minimum Gasteiger partial charge on any atom is -0.466 e. The highest BCUT2D eigenvalue weighted by Crippen LogP contribution is 2.15. The van der Waals surface area contributed by atoms with E-state index in [2.05, 4.69) is 26.0 Å². The summed E-state index contributed by atoms with van der Waals surface area (Å²) in [6, 6.07) is 7.63. The topological polar surface area (TPSA) is 38.3 Å². The molecule has 0 radical (unpaired) electrons. The molecule has 1 aromatic carbocycles. The van der Waals surface area contributed by atoms with E-state index in [-0.39, 0.29) is 5.97 Å². The van der Waals surface area contributed by atoms with E-state index in [1.165, 1.54) is 19.4 Å². The first-order chi connectivity index (χ1) is 6.72. The molecule has 1 N–H and O–H groups in total. The quantitative estimate of drug-likeness (QED) is 0.667. The van der Waals surface area contributed by atoms with E-state index >= 15 is 0 Å². The third-order valence-corrected chi connectivity index (χ3v) is 1.99. The highest BCUT2D eigenvalue weighted by atomic mass is 79.9. The van der Waals surface area contributed by atoms with Crippen LogP contribution in [0.4, 0.5) is 5.69 Å². The number of benzene rings is 1. The Morgan fingerprint density at radius 1 is 1.57 bits per heavy atom. The van der Waals surface area contributed by atoms with E-state index in [0.717, 1.165) is 10.2 Å². The van der Waals surface area contributed by atoms with Gasteiger partial charge in [0.1, 0.15) is 0 Å². The van der Waals surface area contributed by atoms with Crippen molar-refractivity contribution in [3.05, 3.63) is 41.0 Å². The molecule has 0 aliphatic carbocycles. The molecule has 0 saturated carbocycles. The van der Waals surface area contributed by atoms with E-state index in [1.807, 2.05) is 24.3 Å². The maximum absolute atomic E-state index is 10.7. The van der Waals surface area contributed by atoms with Crippen LogP contribution in [-0.2, 0) is 9.53 Å². The van der Waals surface area contributed by atoms with Crippen LogP contribution < -0.4 is 5.32 Å². The minimum atomic E-state index is -0.382. The Labute approximate surface area is 90.9 Å². The molecule has 0 aromatic heterocycles. The number of hydrogen-bond acceptors (Lipinski definition) is 3. The van der Waals surface area contributed by atoms with Gasteiger partial charge in [0.15, 0.2) is 0 Å². The molecule has 0 spiro atoms. The lowest BCUT2D eigenvalue weighted by Gasteiger charge is -1.99. The number of hydrogen-bond donors (Lipinski definition) is 1. The van der Waals surface area contributed by atoms with Gasteiger partial charge in [-0.25, -0.2) is 4.79 Å². The molecular formula is C10H10BrNO2. The monoisotopic (exact) mass is 255 g/mol. The van der Waals surface area contributed by atoms with Gasteiger partial charge in [0.2, 0.25) is 0 Å². The molecule has 14 heavy (non-hydrogen) atoms. The molecule has 74 valence electrons. The molecule has 0 aliphatic heterocycles. The van der Waals surface area contributed by atoms with E-state index in [4.69, 9.17) is 0 Å². The Kier molecular flexibility index (Phi) is 4.19. The van der Waals surface area contributed by atoms with Gasteiger partial charge in [0.25, 0.3) is 0 Å². The van der Waals surface area contributed by atoms with Gasteiger partial charge in [-0.3, -0.25) is 0 Å². The second kappa shape index (κ2) is 5.44. The van der Waals surface area contributed by atoms with E-state index in [1.54, 1.807) is 0 Å². The summed E-state index contributed by atoms with van der Waals surface area (Å²) >= 11 is 3.34. The average Bonchev–Trinajstić information content (AvgIpc) is 2.17. The number of ether oxygens (including phenoxy) is 1. The van der Waals surface area contributed by atoms with Crippen LogP contribution in [0.5, 0.6) is 0 Å². The van der Waals surface area contributed by atoms with Gasteiger partial charge < -0.3 is 10.1 Å². The molecule has 0 unspecified atom stereocenters. The van der Waals surface area contributed by atoms with Crippen LogP contribution >= 0.6 is 15.9 Å². The van der Waals surface area contributed by atoms with Crippen LogP contribution in [0.3, 0.4) is 0 Å². The molecule has 3 nitrogen and oxygen atoms in total. The predicted molar refractivity (Wildman–Crippen MR) is 58.9 cm³/mol. The highest BCUT2D eigenvalue weighted by molar-refractivity contribution is 9.10. The SMILES string of the molecule is COC(=O)/C=C/Nc1cccc(Br)c1. The Hall–Kier alpha value is -1.29. The van der Waals surface area contributed by atoms with Gasteiger partial charge in [-0.15, -0.1) is 0 Å². The zero-order chi connectivity index (χ0) is 10.4. The number of methoxy groups -OCH3 is 1. The molecule has 1 aromatic rings. The van der Waals surface area contributed by atoms with Crippen LogP contribution in [0.15, 0.2) is 41.0 Å². The van der Waals surface area contributed by atoms with Crippen molar-refractivity contribution >= 4 is 27.6 Å². The number of carbonyl (C=O) groups is 1. The van der Waals surface area contributed by atoms with Crippen molar-refractivity contribution in [3.63, 3.8) is 0 Å². The van der Waals surface area contributed by atoms with Crippen molar-refractivity contribution in [3.8, 4) is 0 Å². The van der Waals surface area contributed by atoms with Crippen LogP contribution in [0, 0.1) is 0 Å². The molecule has 1 rings (SSSR count). The number of rotatable bonds is 3. The molecular weight excluding hydrogens is 246 g/mol. The molecule has 0 fully saturated rings. The van der Waals surface area contributed by atoms with Crippen LogP contribution in [-0.4, -0.2) is 13.1 Å². The maximum Gasteiger partial charge on any atom is 0.331 e. The second-order valence-electron chi connectivity index (χ2n) is 2.51. The van der Waals surface area contributed by atoms with E-state index in [0.29, 0.717) is 0 Å². The Morgan fingerprint density at radius 3 is 3.00 bits per heavy atom. The number of carbonyl (C=O) groups excluding carboxylic acids is 1. The molecule has 0 bridgehead atoms. The van der Waals surface area contributed by atoms with Gasteiger partial charge in [-0.05, 0) is 18.2 Å². The summed E-state index contributed by atoms with van der Waals surface area (Å²) in [7, 11) is 1.34. The van der Waals surface area contributed by atoms with Crippen molar-refractivity contribution in [2.45, 2.75) is 0 Å². The lowest BCUT2D eigenvalue weighted by Crippen LogP contribution is -1.96. The van der Waals surface area contributed by atoms with Crippen LogP contribution in [0.1, 0.15) is 0 Å². The average molecular weight is 256 g/mol. The first kappa shape index (κ1) is 10.8. The van der Waals surface area contributed by atoms with E-state index in [9.17, 15) is 4.79 Å². The standard InChI is InChI=1S/C10H10BrNO2/c1-14-10(13)5-6-12-9-4-2-3-8(11)7-9/h2-7,12H,1H3/b6-5+. The van der Waals surface area contributed by atoms with Gasteiger partial charge in [-0.1, -0.05) is 22.0 Å². The molecule has 4 heteroatoms. The van der Waals surface area contributed by atoms with Crippen LogP contribution in [0.2, 0.25) is 0 Å². The molecule has 0 amide bonds. The van der Waals surface area contributed by atoms with Crippen molar-refractivity contribution in [2.24, 2.45) is 0 Å². The molecule has 0 atom stereocenters. The zero-order valence-electron chi connectivity index (χ0n) is 7.66. The van der Waals surface area contributed by atoms with Crippen molar-refractivity contribution < 1.29 is 9.53 Å². The fourth-order valence-electron chi connectivity index (χ4n) is 0.852. The third kappa shape index (κ3) is 3.62. The van der Waals surface area contributed by atoms with Crippen molar-refractivity contribution in [1.82, 2.24) is 0 Å². The number of halogens is 1. The lowest BCUT2D eigenvalue weighted by atomic mass is 10.3. The summed E-state index contributed by atoms with van der Waals surface area (Å²) in [4.78, 5) is 10.7. The van der Waals surface area contributed by atoms with Gasteiger partial charge >= 0.3 is 5.97 Å². The van der Waals surface area contributed by atoms with Gasteiger partial charge in [0.05, 0.1) is 7.11 Å². The lowest BCUT2D eigenvalue weighted by molar-refractivity contribution is -0.134.